The highest BCUT2D eigenvalue weighted by Gasteiger charge is 2.04. The number of alkyl halides is 3. The molecule has 0 aromatic rings. The highest BCUT2D eigenvalue weighted by atomic mass is 19.3. The molecule has 0 aliphatic heterocycles. The lowest BCUT2D eigenvalue weighted by atomic mass is 10.4. The zero-order valence-corrected chi connectivity index (χ0v) is 5.36. The van der Waals surface area contributed by atoms with E-state index in [1.54, 1.807) is 0 Å². The van der Waals surface area contributed by atoms with Crippen molar-refractivity contribution in [3.63, 3.8) is 0 Å². The van der Waals surface area contributed by atoms with Gasteiger partial charge in [0.25, 0.3) is 6.43 Å². The molecule has 0 radical (unpaired) electrons. The van der Waals surface area contributed by atoms with Crippen LogP contribution in [-0.2, 0) is 0 Å². The highest BCUT2D eigenvalue weighted by molar-refractivity contribution is 4.57. The van der Waals surface area contributed by atoms with Crippen LogP contribution in [0.2, 0.25) is 0 Å². The quantitative estimate of drug-likeness (QED) is 0.596. The molecule has 62 valence electrons. The molecule has 5 heteroatoms. The van der Waals surface area contributed by atoms with Crippen molar-refractivity contribution >= 4 is 0 Å². The van der Waals surface area contributed by atoms with Gasteiger partial charge < -0.3 is 10.4 Å². The lowest BCUT2D eigenvalue weighted by Gasteiger charge is -2.06. The van der Waals surface area contributed by atoms with E-state index in [4.69, 9.17) is 5.11 Å². The fourth-order valence-electron chi connectivity index (χ4n) is 0.414. The Bertz CT molecular complexity index is 81.3. The average molecular weight is 157 g/mol. The molecule has 0 amide bonds. The molecule has 1 atom stereocenters. The lowest BCUT2D eigenvalue weighted by molar-refractivity contribution is 0.115. The predicted molar refractivity (Wildman–Crippen MR) is 30.9 cm³/mol. The Morgan fingerprint density at radius 1 is 1.30 bits per heavy atom. The number of rotatable bonds is 5. The molecule has 0 spiro atoms. The van der Waals surface area contributed by atoms with E-state index in [1.165, 1.54) is 0 Å². The minimum absolute atomic E-state index is 0.124. The Hall–Kier alpha value is -0.290. The number of hydrogen-bond acceptors (Lipinski definition) is 2. The van der Waals surface area contributed by atoms with Gasteiger partial charge in [-0.3, -0.25) is 0 Å². The molecule has 2 nitrogen and oxygen atoms in total. The van der Waals surface area contributed by atoms with E-state index in [0.29, 0.717) is 0 Å². The van der Waals surface area contributed by atoms with Gasteiger partial charge in [0.15, 0.2) is 0 Å². The van der Waals surface area contributed by atoms with Crippen LogP contribution in [0, 0.1) is 0 Å². The van der Waals surface area contributed by atoms with Gasteiger partial charge in [0.05, 0.1) is 12.6 Å². The van der Waals surface area contributed by atoms with Gasteiger partial charge in [-0.25, -0.2) is 13.2 Å². The van der Waals surface area contributed by atoms with E-state index < -0.39 is 25.7 Å². The monoisotopic (exact) mass is 157 g/mol. The largest absolute Gasteiger partial charge is 0.389 e. The zero-order valence-electron chi connectivity index (χ0n) is 5.36. The summed E-state index contributed by atoms with van der Waals surface area (Å²) >= 11 is 0. The standard InChI is InChI=1S/C5H10F3NO/c6-1-4(10)2-9-3-5(7)8/h4-5,9-10H,1-3H2. The van der Waals surface area contributed by atoms with Gasteiger partial charge in [0.2, 0.25) is 0 Å². The van der Waals surface area contributed by atoms with Crippen LogP contribution in [0.15, 0.2) is 0 Å². The van der Waals surface area contributed by atoms with Crippen molar-refractivity contribution in [3.05, 3.63) is 0 Å². The van der Waals surface area contributed by atoms with E-state index in [-0.39, 0.29) is 6.54 Å². The first-order valence-electron chi connectivity index (χ1n) is 2.89. The van der Waals surface area contributed by atoms with Crippen molar-refractivity contribution in [3.8, 4) is 0 Å². The molecule has 0 fully saturated rings. The second kappa shape index (κ2) is 5.49. The second-order valence-electron chi connectivity index (χ2n) is 1.86. The van der Waals surface area contributed by atoms with Crippen LogP contribution < -0.4 is 5.32 Å². The van der Waals surface area contributed by atoms with Crippen molar-refractivity contribution in [2.24, 2.45) is 0 Å². The van der Waals surface area contributed by atoms with Crippen molar-refractivity contribution in [2.45, 2.75) is 12.5 Å². The van der Waals surface area contributed by atoms with Crippen LogP contribution in [0.3, 0.4) is 0 Å². The number of nitrogens with one attached hydrogen (secondary N) is 1. The molecule has 0 saturated heterocycles. The SMILES string of the molecule is OC(CF)CNCC(F)F. The molecular weight excluding hydrogens is 147 g/mol. The van der Waals surface area contributed by atoms with E-state index in [2.05, 4.69) is 5.32 Å². The first-order valence-corrected chi connectivity index (χ1v) is 2.89. The molecule has 0 aromatic carbocycles. The summed E-state index contributed by atoms with van der Waals surface area (Å²) in [5, 5.41) is 10.7. The molecule has 0 aliphatic rings. The fourth-order valence-corrected chi connectivity index (χ4v) is 0.414. The third kappa shape index (κ3) is 5.84. The summed E-state index contributed by atoms with van der Waals surface area (Å²) in [5.74, 6) is 0. The van der Waals surface area contributed by atoms with Gasteiger partial charge in [0.1, 0.15) is 6.67 Å². The Morgan fingerprint density at radius 3 is 2.30 bits per heavy atom. The molecule has 0 aromatic heterocycles. The van der Waals surface area contributed by atoms with Gasteiger partial charge in [-0.1, -0.05) is 0 Å². The minimum atomic E-state index is -2.45. The summed E-state index contributed by atoms with van der Waals surface area (Å²) in [6.45, 7) is -1.53. The first-order chi connectivity index (χ1) is 4.66. The highest BCUT2D eigenvalue weighted by Crippen LogP contribution is 1.88. The van der Waals surface area contributed by atoms with Crippen LogP contribution in [0.4, 0.5) is 13.2 Å². The summed E-state index contributed by atoms with van der Waals surface area (Å²) in [7, 11) is 0. The van der Waals surface area contributed by atoms with Crippen LogP contribution in [-0.4, -0.2) is 37.4 Å². The van der Waals surface area contributed by atoms with Gasteiger partial charge in [-0.15, -0.1) is 0 Å². The van der Waals surface area contributed by atoms with Crippen molar-refractivity contribution in [1.29, 1.82) is 0 Å². The number of hydrogen-bond donors (Lipinski definition) is 2. The maximum Gasteiger partial charge on any atom is 0.250 e. The maximum absolute atomic E-state index is 11.4. The van der Waals surface area contributed by atoms with E-state index in [1.807, 2.05) is 0 Å². The number of aliphatic hydroxyl groups excluding tert-OH is 1. The van der Waals surface area contributed by atoms with E-state index in [0.717, 1.165) is 0 Å². The summed E-state index contributed by atoms with van der Waals surface area (Å²) < 4.78 is 34.1. The fraction of sp³-hybridized carbons (Fsp3) is 1.00. The minimum Gasteiger partial charge on any atom is -0.389 e. The molecule has 0 bridgehead atoms. The summed E-state index contributed by atoms with van der Waals surface area (Å²) in [6.07, 6.45) is -3.62. The van der Waals surface area contributed by atoms with E-state index in [9.17, 15) is 13.2 Å². The van der Waals surface area contributed by atoms with Crippen LogP contribution in [0.25, 0.3) is 0 Å². The van der Waals surface area contributed by atoms with Crippen LogP contribution in [0.1, 0.15) is 0 Å². The smallest absolute Gasteiger partial charge is 0.250 e. The molecule has 2 N–H and O–H groups in total. The van der Waals surface area contributed by atoms with Crippen molar-refractivity contribution < 1.29 is 18.3 Å². The Balaban J connectivity index is 3.03. The molecule has 0 saturated carbocycles. The third-order valence-electron chi connectivity index (χ3n) is 0.857. The van der Waals surface area contributed by atoms with Gasteiger partial charge in [-0.2, -0.15) is 0 Å². The Kier molecular flexibility index (Phi) is 5.33. The Morgan fingerprint density at radius 2 is 1.90 bits per heavy atom. The maximum atomic E-state index is 11.4. The average Bonchev–Trinajstić information content (AvgIpc) is 1.87. The molecule has 0 aliphatic carbocycles. The normalized spacial score (nSPS) is 14.1. The van der Waals surface area contributed by atoms with Crippen LogP contribution in [0.5, 0.6) is 0 Å². The first kappa shape index (κ1) is 9.71. The lowest BCUT2D eigenvalue weighted by Crippen LogP contribution is -2.31. The summed E-state index contributed by atoms with van der Waals surface area (Å²) in [5.41, 5.74) is 0. The Labute approximate surface area is 57.0 Å². The second-order valence-corrected chi connectivity index (χ2v) is 1.86. The zero-order chi connectivity index (χ0) is 7.98. The van der Waals surface area contributed by atoms with Gasteiger partial charge in [-0.05, 0) is 0 Å². The topological polar surface area (TPSA) is 32.3 Å². The molecular formula is C5H10F3NO. The van der Waals surface area contributed by atoms with Gasteiger partial charge >= 0.3 is 0 Å². The number of aliphatic hydroxyl groups is 1. The number of halogens is 3. The molecule has 0 rings (SSSR count). The van der Waals surface area contributed by atoms with Crippen LogP contribution >= 0.6 is 0 Å². The van der Waals surface area contributed by atoms with Crippen molar-refractivity contribution in [1.82, 2.24) is 5.32 Å². The predicted octanol–water partition coefficient (Wildman–Crippen LogP) is 0.172. The third-order valence-corrected chi connectivity index (χ3v) is 0.857. The molecule has 1 unspecified atom stereocenters. The molecule has 0 heterocycles. The van der Waals surface area contributed by atoms with E-state index >= 15 is 0 Å². The molecule has 10 heavy (non-hydrogen) atoms. The summed E-state index contributed by atoms with van der Waals surface area (Å²) in [6, 6.07) is 0. The summed E-state index contributed by atoms with van der Waals surface area (Å²) in [4.78, 5) is 0. The van der Waals surface area contributed by atoms with Gasteiger partial charge in [0, 0.05) is 6.54 Å². The van der Waals surface area contributed by atoms with Crippen molar-refractivity contribution in [2.75, 3.05) is 19.8 Å².